The number of nitrogens with one attached hydrogen (secondary N) is 2. The third kappa shape index (κ3) is 5.50. The minimum Gasteiger partial charge on any atom is -0.338 e. The maximum absolute atomic E-state index is 12.1. The molecule has 3 aromatic rings. The molecule has 0 aliphatic carbocycles. The van der Waals surface area contributed by atoms with Crippen LogP contribution in [0, 0.1) is 0 Å². The number of halogens is 2. The van der Waals surface area contributed by atoms with Gasteiger partial charge in [-0.05, 0) is 36.8 Å². The maximum atomic E-state index is 12.1. The van der Waals surface area contributed by atoms with Crippen LogP contribution in [0.5, 0.6) is 0 Å². The van der Waals surface area contributed by atoms with Gasteiger partial charge in [0.05, 0.1) is 21.5 Å². The molecule has 0 radical (unpaired) electrons. The largest absolute Gasteiger partial charge is 0.338 e. The first-order valence-electron chi connectivity index (χ1n) is 9.01. The molecule has 1 aromatic carbocycles. The number of nitrogens with zero attached hydrogens (tertiary/aromatic N) is 4. The van der Waals surface area contributed by atoms with Crippen LogP contribution in [0.4, 0.5) is 4.79 Å². The predicted molar refractivity (Wildman–Crippen MR) is 117 cm³/mol. The number of amides is 3. The number of hydrogen-bond acceptors (Lipinski definition) is 6. The Bertz CT molecular complexity index is 1040. The van der Waals surface area contributed by atoms with Gasteiger partial charge in [0.25, 0.3) is 0 Å². The Balaban J connectivity index is 1.86. The van der Waals surface area contributed by atoms with Gasteiger partial charge in [-0.3, -0.25) is 19.7 Å². The molecule has 0 saturated heterocycles. The number of thioether (sulfide) groups is 1. The highest BCUT2D eigenvalue weighted by Gasteiger charge is 2.18. The number of carbonyl (C=O) groups is 2. The molecule has 0 fully saturated rings. The Morgan fingerprint density at radius 2 is 2.00 bits per heavy atom. The summed E-state index contributed by atoms with van der Waals surface area (Å²) in [6.07, 6.45) is 4.10. The van der Waals surface area contributed by atoms with Crippen molar-refractivity contribution in [1.29, 1.82) is 0 Å². The van der Waals surface area contributed by atoms with Gasteiger partial charge in [-0.2, -0.15) is 0 Å². The summed E-state index contributed by atoms with van der Waals surface area (Å²) in [6, 6.07) is 8.26. The zero-order valence-corrected chi connectivity index (χ0v) is 18.3. The number of rotatable bonds is 7. The Morgan fingerprint density at radius 1 is 1.17 bits per heavy atom. The second-order valence-corrected chi connectivity index (χ2v) is 7.83. The van der Waals surface area contributed by atoms with Gasteiger partial charge in [0.1, 0.15) is 0 Å². The van der Waals surface area contributed by atoms with Crippen molar-refractivity contribution in [3.63, 3.8) is 0 Å². The average molecular weight is 465 g/mol. The average Bonchev–Trinajstić information content (AvgIpc) is 3.17. The molecule has 156 valence electrons. The van der Waals surface area contributed by atoms with E-state index in [1.165, 1.54) is 0 Å². The van der Waals surface area contributed by atoms with Crippen molar-refractivity contribution < 1.29 is 9.59 Å². The summed E-state index contributed by atoms with van der Waals surface area (Å²) in [5.41, 5.74) is 1.42. The van der Waals surface area contributed by atoms with Crippen molar-refractivity contribution in [2.45, 2.75) is 18.5 Å². The molecule has 0 aliphatic heterocycles. The van der Waals surface area contributed by atoms with Crippen LogP contribution in [0.25, 0.3) is 17.1 Å². The number of benzene rings is 1. The first-order valence-corrected chi connectivity index (χ1v) is 10.8. The number of aromatic nitrogens is 4. The van der Waals surface area contributed by atoms with E-state index in [-0.39, 0.29) is 5.75 Å². The maximum Gasteiger partial charge on any atom is 0.321 e. The van der Waals surface area contributed by atoms with E-state index in [0.29, 0.717) is 33.3 Å². The topological polar surface area (TPSA) is 102 Å². The van der Waals surface area contributed by atoms with Crippen LogP contribution >= 0.6 is 35.0 Å². The molecule has 8 nitrogen and oxygen atoms in total. The number of carbonyl (C=O) groups excluding carboxylic acids is 2. The smallest absolute Gasteiger partial charge is 0.321 e. The van der Waals surface area contributed by atoms with Crippen LogP contribution in [-0.2, 0) is 4.79 Å². The highest BCUT2D eigenvalue weighted by molar-refractivity contribution is 7.99. The van der Waals surface area contributed by atoms with Crippen molar-refractivity contribution in [2.24, 2.45) is 0 Å². The summed E-state index contributed by atoms with van der Waals surface area (Å²) in [5.74, 6) is 0.0665. The first kappa shape index (κ1) is 22.1. The Morgan fingerprint density at radius 3 is 2.70 bits per heavy atom. The van der Waals surface area contributed by atoms with Crippen molar-refractivity contribution in [1.82, 2.24) is 30.4 Å². The quantitative estimate of drug-likeness (QED) is 0.512. The summed E-state index contributed by atoms with van der Waals surface area (Å²) in [5, 5.41) is 14.6. The van der Waals surface area contributed by atoms with Gasteiger partial charge in [0.15, 0.2) is 11.0 Å². The lowest BCUT2D eigenvalue weighted by atomic mass is 10.2. The van der Waals surface area contributed by atoms with Crippen LogP contribution in [0.1, 0.15) is 13.3 Å². The van der Waals surface area contributed by atoms with E-state index in [2.05, 4.69) is 25.8 Å². The van der Waals surface area contributed by atoms with Crippen LogP contribution in [0.15, 0.2) is 47.9 Å². The van der Waals surface area contributed by atoms with E-state index in [1.54, 1.807) is 41.2 Å². The van der Waals surface area contributed by atoms with Gasteiger partial charge < -0.3 is 5.32 Å². The molecule has 2 aromatic heterocycles. The van der Waals surface area contributed by atoms with Gasteiger partial charge in [-0.15, -0.1) is 10.2 Å². The predicted octanol–water partition coefficient (Wildman–Crippen LogP) is 3.96. The molecule has 2 heterocycles. The summed E-state index contributed by atoms with van der Waals surface area (Å²) in [6.45, 7) is 2.42. The zero-order valence-electron chi connectivity index (χ0n) is 15.9. The third-order valence-corrected chi connectivity index (χ3v) is 5.50. The molecular formula is C19H18Cl2N6O2S. The van der Waals surface area contributed by atoms with E-state index in [1.807, 2.05) is 13.0 Å². The fraction of sp³-hybridized carbons (Fsp3) is 0.211. The van der Waals surface area contributed by atoms with Gasteiger partial charge in [0, 0.05) is 24.5 Å². The highest BCUT2D eigenvalue weighted by Crippen LogP contribution is 2.31. The molecule has 2 N–H and O–H groups in total. The highest BCUT2D eigenvalue weighted by atomic mass is 35.5. The van der Waals surface area contributed by atoms with Gasteiger partial charge in [-0.1, -0.05) is 41.9 Å². The molecule has 0 unspecified atom stereocenters. The van der Waals surface area contributed by atoms with Gasteiger partial charge in [-0.25, -0.2) is 4.79 Å². The summed E-state index contributed by atoms with van der Waals surface area (Å²) < 4.78 is 1.76. The Kier molecular flexibility index (Phi) is 7.67. The van der Waals surface area contributed by atoms with Crippen molar-refractivity contribution in [3.8, 4) is 17.1 Å². The molecule has 0 aliphatic rings. The zero-order chi connectivity index (χ0) is 21.5. The minimum absolute atomic E-state index is 0.0218. The normalized spacial score (nSPS) is 10.6. The van der Waals surface area contributed by atoms with Crippen molar-refractivity contribution >= 4 is 46.9 Å². The van der Waals surface area contributed by atoms with Crippen LogP contribution in [-0.4, -0.2) is 44.0 Å². The molecule has 0 atom stereocenters. The molecule has 11 heteroatoms. The number of hydrogen-bond donors (Lipinski definition) is 2. The monoisotopic (exact) mass is 464 g/mol. The Hall–Kier alpha value is -2.62. The molecule has 0 saturated carbocycles. The number of urea groups is 1. The molecular weight excluding hydrogens is 447 g/mol. The Labute approximate surface area is 187 Å². The lowest BCUT2D eigenvalue weighted by molar-refractivity contribution is -0.117. The van der Waals surface area contributed by atoms with E-state index in [9.17, 15) is 9.59 Å². The van der Waals surface area contributed by atoms with Crippen LogP contribution in [0.3, 0.4) is 0 Å². The standard InChI is InChI=1S/C19H18Cl2N6O2S/c1-2-7-23-18(29)24-16(28)11-30-19-26-25-17(12-4-3-8-22-10-12)27(19)13-5-6-14(20)15(21)9-13/h3-6,8-10H,2,7,11H2,1H3,(H2,23,24,28,29). The summed E-state index contributed by atoms with van der Waals surface area (Å²) in [4.78, 5) is 27.9. The van der Waals surface area contributed by atoms with E-state index in [4.69, 9.17) is 23.2 Å². The first-order chi connectivity index (χ1) is 14.5. The van der Waals surface area contributed by atoms with E-state index in [0.717, 1.165) is 23.7 Å². The lowest BCUT2D eigenvalue weighted by Crippen LogP contribution is -2.40. The summed E-state index contributed by atoms with van der Waals surface area (Å²) in [7, 11) is 0. The lowest BCUT2D eigenvalue weighted by Gasteiger charge is -2.11. The van der Waals surface area contributed by atoms with Gasteiger partial charge in [0.2, 0.25) is 5.91 Å². The second-order valence-electron chi connectivity index (χ2n) is 6.07. The van der Waals surface area contributed by atoms with E-state index < -0.39 is 11.9 Å². The number of pyridine rings is 1. The second kappa shape index (κ2) is 10.4. The van der Waals surface area contributed by atoms with Crippen LogP contribution < -0.4 is 10.6 Å². The van der Waals surface area contributed by atoms with Crippen molar-refractivity contribution in [2.75, 3.05) is 12.3 Å². The number of imide groups is 1. The van der Waals surface area contributed by atoms with Crippen LogP contribution in [0.2, 0.25) is 10.0 Å². The fourth-order valence-electron chi connectivity index (χ4n) is 2.48. The molecule has 3 amide bonds. The SMILES string of the molecule is CCCNC(=O)NC(=O)CSc1nnc(-c2cccnc2)n1-c1ccc(Cl)c(Cl)c1. The fourth-order valence-corrected chi connectivity index (χ4v) is 3.52. The molecule has 3 rings (SSSR count). The third-order valence-electron chi connectivity index (χ3n) is 3.84. The minimum atomic E-state index is -0.524. The molecule has 0 spiro atoms. The van der Waals surface area contributed by atoms with E-state index >= 15 is 0 Å². The molecule has 30 heavy (non-hydrogen) atoms. The molecule has 0 bridgehead atoms. The summed E-state index contributed by atoms with van der Waals surface area (Å²) >= 11 is 13.4. The van der Waals surface area contributed by atoms with Crippen molar-refractivity contribution in [3.05, 3.63) is 52.8 Å². The van der Waals surface area contributed by atoms with Gasteiger partial charge >= 0.3 is 6.03 Å².